The molecule has 0 aliphatic rings. The zero-order chi connectivity index (χ0) is 15.0. The van der Waals surface area contributed by atoms with Crippen molar-refractivity contribution in [1.82, 2.24) is 0 Å². The predicted octanol–water partition coefficient (Wildman–Crippen LogP) is 2.92. The highest BCUT2D eigenvalue weighted by Gasteiger charge is 2.12. The van der Waals surface area contributed by atoms with Gasteiger partial charge in [0.05, 0.1) is 12.3 Å². The van der Waals surface area contributed by atoms with Crippen molar-refractivity contribution >= 4 is 17.7 Å². The number of hydrogen-bond acceptors (Lipinski definition) is 4. The Morgan fingerprint density at radius 3 is 2.15 bits per heavy atom. The highest BCUT2D eigenvalue weighted by Crippen LogP contribution is 2.22. The maximum atomic E-state index is 11.7. The number of carbonyl (C=O) groups is 2. The van der Waals surface area contributed by atoms with Crippen LogP contribution in [0.5, 0.6) is 0 Å². The number of nitrogens with one attached hydrogen (secondary N) is 1. The number of amides is 1. The Bertz CT molecular complexity index is 449. The Labute approximate surface area is 119 Å². The number of aryl methyl sites for hydroxylation is 2. The third-order valence-electron chi connectivity index (χ3n) is 2.85. The first-order valence-electron chi connectivity index (χ1n) is 6.82. The molecule has 0 radical (unpaired) electrons. The second kappa shape index (κ2) is 8.19. The number of hydrogen-bond donors (Lipinski definition) is 1. The van der Waals surface area contributed by atoms with Crippen LogP contribution >= 0.6 is 0 Å². The minimum Gasteiger partial charge on any atom is -0.463 e. The molecular formula is C15H21NO4. The molecule has 1 aromatic rings. The van der Waals surface area contributed by atoms with Crippen molar-refractivity contribution in [3.8, 4) is 0 Å². The summed E-state index contributed by atoms with van der Waals surface area (Å²) in [6.07, 6.45) is 0.969. The van der Waals surface area contributed by atoms with Crippen LogP contribution in [0.1, 0.15) is 31.9 Å². The minimum atomic E-state index is -0.645. The van der Waals surface area contributed by atoms with Crippen molar-refractivity contribution in [2.24, 2.45) is 0 Å². The summed E-state index contributed by atoms with van der Waals surface area (Å²) in [5.41, 5.74) is 2.85. The van der Waals surface area contributed by atoms with E-state index >= 15 is 0 Å². The van der Waals surface area contributed by atoms with Crippen molar-refractivity contribution in [3.63, 3.8) is 0 Å². The van der Waals surface area contributed by atoms with Gasteiger partial charge in [0.2, 0.25) is 0 Å². The molecule has 0 bridgehead atoms. The zero-order valence-electron chi connectivity index (χ0n) is 12.2. The maximum absolute atomic E-state index is 11.7. The first kappa shape index (κ1) is 16.0. The predicted molar refractivity (Wildman–Crippen MR) is 76.8 cm³/mol. The number of benzene rings is 1. The van der Waals surface area contributed by atoms with E-state index in [1.807, 2.05) is 32.0 Å². The SMILES string of the molecule is CCOC(=O)COC(=O)Nc1c(CC)cccc1CC. The van der Waals surface area contributed by atoms with Crippen molar-refractivity contribution in [2.45, 2.75) is 33.6 Å². The molecule has 0 saturated heterocycles. The molecule has 0 aromatic heterocycles. The van der Waals surface area contributed by atoms with E-state index in [2.05, 4.69) is 10.1 Å². The van der Waals surface area contributed by atoms with Crippen LogP contribution in [-0.2, 0) is 27.1 Å². The molecule has 0 unspecified atom stereocenters. The van der Waals surface area contributed by atoms with Gasteiger partial charge in [0.1, 0.15) is 0 Å². The monoisotopic (exact) mass is 279 g/mol. The first-order chi connectivity index (χ1) is 9.62. The third-order valence-corrected chi connectivity index (χ3v) is 2.85. The normalized spacial score (nSPS) is 9.95. The molecule has 0 spiro atoms. The lowest BCUT2D eigenvalue weighted by Crippen LogP contribution is -2.21. The second-order valence-corrected chi connectivity index (χ2v) is 4.16. The fourth-order valence-electron chi connectivity index (χ4n) is 1.87. The molecule has 110 valence electrons. The van der Waals surface area contributed by atoms with Crippen LogP contribution in [0.25, 0.3) is 0 Å². The number of anilines is 1. The van der Waals surface area contributed by atoms with Gasteiger partial charge < -0.3 is 9.47 Å². The molecule has 5 nitrogen and oxygen atoms in total. The van der Waals surface area contributed by atoms with E-state index in [0.29, 0.717) is 0 Å². The van der Waals surface area contributed by atoms with Gasteiger partial charge >= 0.3 is 12.1 Å². The van der Waals surface area contributed by atoms with Crippen LogP contribution in [0.15, 0.2) is 18.2 Å². The van der Waals surface area contributed by atoms with Gasteiger partial charge in [0, 0.05) is 0 Å². The average Bonchev–Trinajstić information content (AvgIpc) is 2.45. The maximum Gasteiger partial charge on any atom is 0.412 e. The smallest absolute Gasteiger partial charge is 0.412 e. The lowest BCUT2D eigenvalue weighted by atomic mass is 10.0. The molecule has 1 aromatic carbocycles. The summed E-state index contributed by atoms with van der Waals surface area (Å²) in [5, 5.41) is 2.71. The van der Waals surface area contributed by atoms with Crippen molar-refractivity contribution < 1.29 is 19.1 Å². The van der Waals surface area contributed by atoms with Crippen LogP contribution in [0.4, 0.5) is 10.5 Å². The van der Waals surface area contributed by atoms with Crippen LogP contribution in [0.3, 0.4) is 0 Å². The average molecular weight is 279 g/mol. The Kier molecular flexibility index (Phi) is 6.56. The van der Waals surface area contributed by atoms with Crippen LogP contribution in [0.2, 0.25) is 0 Å². The van der Waals surface area contributed by atoms with E-state index < -0.39 is 12.1 Å². The molecule has 1 N–H and O–H groups in total. The number of rotatable bonds is 6. The summed E-state index contributed by atoms with van der Waals surface area (Å²) in [6.45, 7) is 5.62. The van der Waals surface area contributed by atoms with E-state index in [0.717, 1.165) is 29.7 Å². The van der Waals surface area contributed by atoms with E-state index in [4.69, 9.17) is 4.74 Å². The summed E-state index contributed by atoms with van der Waals surface area (Å²) in [5.74, 6) is -0.554. The van der Waals surface area contributed by atoms with Gasteiger partial charge in [-0.25, -0.2) is 9.59 Å². The zero-order valence-corrected chi connectivity index (χ0v) is 12.2. The van der Waals surface area contributed by atoms with Crippen LogP contribution in [-0.4, -0.2) is 25.3 Å². The van der Waals surface area contributed by atoms with Gasteiger partial charge in [-0.1, -0.05) is 32.0 Å². The van der Waals surface area contributed by atoms with E-state index in [1.54, 1.807) is 6.92 Å². The largest absolute Gasteiger partial charge is 0.463 e. The lowest BCUT2D eigenvalue weighted by molar-refractivity contribution is -0.146. The Morgan fingerprint density at radius 2 is 1.65 bits per heavy atom. The number of para-hydroxylation sites is 1. The molecule has 1 rings (SSSR count). The molecule has 5 heteroatoms. The number of ether oxygens (including phenoxy) is 2. The molecule has 0 saturated carbocycles. The van der Waals surface area contributed by atoms with Crippen molar-refractivity contribution in [2.75, 3.05) is 18.5 Å². The molecule has 0 heterocycles. The van der Waals surface area contributed by atoms with Gasteiger partial charge in [-0.15, -0.1) is 0 Å². The summed E-state index contributed by atoms with van der Waals surface area (Å²) >= 11 is 0. The minimum absolute atomic E-state index is 0.266. The van der Waals surface area contributed by atoms with E-state index in [9.17, 15) is 9.59 Å². The van der Waals surface area contributed by atoms with Gasteiger partial charge in [0.15, 0.2) is 6.61 Å². The highest BCUT2D eigenvalue weighted by molar-refractivity contribution is 5.88. The number of esters is 1. The topological polar surface area (TPSA) is 64.6 Å². The Hall–Kier alpha value is -2.04. The molecule has 0 atom stereocenters. The first-order valence-corrected chi connectivity index (χ1v) is 6.82. The fourth-order valence-corrected chi connectivity index (χ4v) is 1.87. The molecule has 20 heavy (non-hydrogen) atoms. The van der Waals surface area contributed by atoms with Crippen LogP contribution in [0, 0.1) is 0 Å². The van der Waals surface area contributed by atoms with Gasteiger partial charge in [-0.3, -0.25) is 5.32 Å². The van der Waals surface area contributed by atoms with Crippen molar-refractivity contribution in [1.29, 1.82) is 0 Å². The van der Waals surface area contributed by atoms with Gasteiger partial charge in [-0.2, -0.15) is 0 Å². The Morgan fingerprint density at radius 1 is 1.05 bits per heavy atom. The summed E-state index contributed by atoms with van der Waals surface area (Å²) in [7, 11) is 0. The van der Waals surface area contributed by atoms with Gasteiger partial charge in [-0.05, 0) is 30.9 Å². The molecular weight excluding hydrogens is 258 g/mol. The fraction of sp³-hybridized carbons (Fsp3) is 0.467. The molecule has 1 amide bonds. The number of carbonyl (C=O) groups excluding carboxylic acids is 2. The second-order valence-electron chi connectivity index (χ2n) is 4.16. The standard InChI is InChI=1S/C15H21NO4/c1-4-11-8-7-9-12(5-2)14(11)16-15(18)20-10-13(17)19-6-3/h7-9H,4-6,10H2,1-3H3,(H,16,18). The van der Waals surface area contributed by atoms with E-state index in [1.165, 1.54) is 0 Å². The van der Waals surface area contributed by atoms with Crippen LogP contribution < -0.4 is 5.32 Å². The summed E-state index contributed by atoms with van der Waals surface area (Å²) in [4.78, 5) is 22.8. The third kappa shape index (κ3) is 4.57. The molecule has 0 aliphatic carbocycles. The molecule has 0 aliphatic heterocycles. The van der Waals surface area contributed by atoms with Gasteiger partial charge in [0.25, 0.3) is 0 Å². The molecule has 0 fully saturated rings. The lowest BCUT2D eigenvalue weighted by Gasteiger charge is -2.14. The summed E-state index contributed by atoms with van der Waals surface area (Å²) in [6, 6.07) is 5.88. The van der Waals surface area contributed by atoms with E-state index in [-0.39, 0.29) is 13.2 Å². The summed E-state index contributed by atoms with van der Waals surface area (Å²) < 4.78 is 9.52. The quantitative estimate of drug-likeness (QED) is 0.813. The van der Waals surface area contributed by atoms with Crippen molar-refractivity contribution in [3.05, 3.63) is 29.3 Å². The highest BCUT2D eigenvalue weighted by atomic mass is 16.6. The Balaban J connectivity index is 2.68.